The van der Waals surface area contributed by atoms with Crippen LogP contribution in [0, 0.1) is 5.92 Å². The molecule has 0 bridgehead atoms. The Hall–Kier alpha value is -1.65. The molecule has 0 aliphatic heterocycles. The smallest absolute Gasteiger partial charge is 0.348 e. The zero-order valence-corrected chi connectivity index (χ0v) is 9.80. The van der Waals surface area contributed by atoms with Crippen molar-refractivity contribution in [3.05, 3.63) is 28.9 Å². The lowest BCUT2D eigenvalue weighted by Crippen LogP contribution is -2.49. The molecule has 2 rings (SSSR count). The SMILES string of the molecule is CC1CCC(C(=O)O)(n2cccnc2=O)CC1. The molecule has 1 heterocycles. The van der Waals surface area contributed by atoms with Gasteiger partial charge in [-0.25, -0.2) is 14.6 Å². The summed E-state index contributed by atoms with van der Waals surface area (Å²) < 4.78 is 1.28. The first-order chi connectivity index (χ1) is 8.06. The van der Waals surface area contributed by atoms with Crippen molar-refractivity contribution in [1.82, 2.24) is 9.55 Å². The van der Waals surface area contributed by atoms with E-state index >= 15 is 0 Å². The van der Waals surface area contributed by atoms with E-state index in [2.05, 4.69) is 11.9 Å². The standard InChI is InChI=1S/C12H16N2O3/c1-9-3-5-12(6-4-9,10(15)16)14-8-2-7-13-11(14)17/h2,7-9H,3-6H2,1H3,(H,15,16). The number of nitrogens with zero attached hydrogens (tertiary/aromatic N) is 2. The lowest BCUT2D eigenvalue weighted by atomic mass is 9.77. The van der Waals surface area contributed by atoms with Crippen LogP contribution >= 0.6 is 0 Å². The summed E-state index contributed by atoms with van der Waals surface area (Å²) >= 11 is 0. The van der Waals surface area contributed by atoms with Crippen LogP contribution in [-0.4, -0.2) is 20.6 Å². The first-order valence-electron chi connectivity index (χ1n) is 5.84. The molecular weight excluding hydrogens is 220 g/mol. The fraction of sp³-hybridized carbons (Fsp3) is 0.583. The van der Waals surface area contributed by atoms with E-state index in [1.54, 1.807) is 6.07 Å². The maximum absolute atomic E-state index is 11.7. The largest absolute Gasteiger partial charge is 0.479 e. The van der Waals surface area contributed by atoms with Crippen LogP contribution in [0.2, 0.25) is 0 Å². The summed E-state index contributed by atoms with van der Waals surface area (Å²) in [5.74, 6) is -0.408. The zero-order chi connectivity index (χ0) is 12.5. The summed E-state index contributed by atoms with van der Waals surface area (Å²) in [4.78, 5) is 26.9. The maximum Gasteiger partial charge on any atom is 0.348 e. The Morgan fingerprint density at radius 2 is 2.18 bits per heavy atom. The molecule has 1 aromatic heterocycles. The predicted octanol–water partition coefficient (Wildman–Crippen LogP) is 1.23. The minimum absolute atomic E-state index is 0.482. The molecule has 0 saturated heterocycles. The molecule has 0 atom stereocenters. The highest BCUT2D eigenvalue weighted by molar-refractivity contribution is 5.76. The summed E-state index contributed by atoms with van der Waals surface area (Å²) in [5, 5.41) is 9.47. The van der Waals surface area contributed by atoms with Crippen LogP contribution in [0.5, 0.6) is 0 Å². The molecule has 92 valence electrons. The predicted molar refractivity (Wildman–Crippen MR) is 61.7 cm³/mol. The van der Waals surface area contributed by atoms with Gasteiger partial charge >= 0.3 is 11.7 Å². The Labute approximate surface area is 99.1 Å². The highest BCUT2D eigenvalue weighted by Gasteiger charge is 2.43. The Morgan fingerprint density at radius 3 is 2.71 bits per heavy atom. The third kappa shape index (κ3) is 1.97. The minimum Gasteiger partial charge on any atom is -0.479 e. The van der Waals surface area contributed by atoms with E-state index in [1.165, 1.54) is 17.0 Å². The molecule has 1 aliphatic rings. The van der Waals surface area contributed by atoms with Gasteiger partial charge in [-0.3, -0.25) is 4.57 Å². The van der Waals surface area contributed by atoms with Crippen molar-refractivity contribution < 1.29 is 9.90 Å². The van der Waals surface area contributed by atoms with Gasteiger partial charge in [-0.15, -0.1) is 0 Å². The number of aromatic nitrogens is 2. The molecule has 0 radical (unpaired) electrons. The number of carbonyl (C=O) groups is 1. The van der Waals surface area contributed by atoms with Crippen molar-refractivity contribution in [2.75, 3.05) is 0 Å². The Bertz CT molecular complexity index is 473. The molecule has 1 N–H and O–H groups in total. The first-order valence-corrected chi connectivity index (χ1v) is 5.84. The topological polar surface area (TPSA) is 72.2 Å². The van der Waals surface area contributed by atoms with Crippen LogP contribution in [0.4, 0.5) is 0 Å². The monoisotopic (exact) mass is 236 g/mol. The molecule has 0 unspecified atom stereocenters. The van der Waals surface area contributed by atoms with Crippen molar-refractivity contribution in [3.63, 3.8) is 0 Å². The van der Waals surface area contributed by atoms with Crippen molar-refractivity contribution in [3.8, 4) is 0 Å². The highest BCUT2D eigenvalue weighted by Crippen LogP contribution is 2.36. The van der Waals surface area contributed by atoms with Gasteiger partial charge in [0.2, 0.25) is 0 Å². The molecule has 0 spiro atoms. The maximum atomic E-state index is 11.7. The molecule has 17 heavy (non-hydrogen) atoms. The third-order valence-corrected chi connectivity index (χ3v) is 3.67. The molecule has 1 aromatic rings. The van der Waals surface area contributed by atoms with Crippen molar-refractivity contribution >= 4 is 5.97 Å². The van der Waals surface area contributed by atoms with E-state index in [4.69, 9.17) is 0 Å². The molecule has 0 amide bonds. The van der Waals surface area contributed by atoms with Gasteiger partial charge in [0, 0.05) is 12.4 Å². The number of hydrogen-bond acceptors (Lipinski definition) is 3. The van der Waals surface area contributed by atoms with Gasteiger partial charge < -0.3 is 5.11 Å². The van der Waals surface area contributed by atoms with Crippen LogP contribution in [0.1, 0.15) is 32.6 Å². The summed E-state index contributed by atoms with van der Waals surface area (Å²) in [7, 11) is 0. The number of aliphatic carboxylic acids is 1. The fourth-order valence-electron chi connectivity index (χ4n) is 2.48. The third-order valence-electron chi connectivity index (χ3n) is 3.67. The summed E-state index contributed by atoms with van der Waals surface area (Å²) in [6.45, 7) is 2.11. The van der Waals surface area contributed by atoms with E-state index < -0.39 is 17.2 Å². The molecule has 0 aromatic carbocycles. The Morgan fingerprint density at radius 1 is 1.53 bits per heavy atom. The number of carboxylic acid groups (broad SMARTS) is 1. The van der Waals surface area contributed by atoms with E-state index in [0.717, 1.165) is 12.8 Å². The van der Waals surface area contributed by atoms with Gasteiger partial charge in [-0.05, 0) is 37.7 Å². The quantitative estimate of drug-likeness (QED) is 0.838. The van der Waals surface area contributed by atoms with E-state index in [9.17, 15) is 14.7 Å². The van der Waals surface area contributed by atoms with E-state index in [-0.39, 0.29) is 0 Å². The number of rotatable bonds is 2. The second kappa shape index (κ2) is 4.31. The summed E-state index contributed by atoms with van der Waals surface area (Å²) in [6, 6.07) is 1.60. The second-order valence-electron chi connectivity index (χ2n) is 4.79. The molecule has 1 fully saturated rings. The lowest BCUT2D eigenvalue weighted by Gasteiger charge is -2.36. The van der Waals surface area contributed by atoms with Crippen molar-refractivity contribution in [2.24, 2.45) is 5.92 Å². The van der Waals surface area contributed by atoms with Crippen LogP contribution in [0.25, 0.3) is 0 Å². The minimum atomic E-state index is -1.10. The molecule has 5 nitrogen and oxygen atoms in total. The van der Waals surface area contributed by atoms with Gasteiger partial charge in [0.1, 0.15) is 5.54 Å². The van der Waals surface area contributed by atoms with E-state index in [0.29, 0.717) is 18.8 Å². The van der Waals surface area contributed by atoms with Crippen LogP contribution in [0.3, 0.4) is 0 Å². The van der Waals surface area contributed by atoms with Crippen molar-refractivity contribution in [2.45, 2.75) is 38.1 Å². The fourth-order valence-corrected chi connectivity index (χ4v) is 2.48. The van der Waals surface area contributed by atoms with Crippen LogP contribution in [-0.2, 0) is 10.3 Å². The van der Waals surface area contributed by atoms with Crippen LogP contribution < -0.4 is 5.69 Å². The van der Waals surface area contributed by atoms with Crippen LogP contribution in [0.15, 0.2) is 23.3 Å². The molecule has 1 saturated carbocycles. The Kier molecular flexibility index (Phi) is 3.00. The summed E-state index contributed by atoms with van der Waals surface area (Å²) in [5.41, 5.74) is -1.58. The second-order valence-corrected chi connectivity index (χ2v) is 4.79. The lowest BCUT2D eigenvalue weighted by molar-refractivity contribution is -0.150. The molecule has 5 heteroatoms. The Balaban J connectivity index is 2.46. The van der Waals surface area contributed by atoms with Gasteiger partial charge in [0.15, 0.2) is 0 Å². The summed E-state index contributed by atoms with van der Waals surface area (Å²) in [6.07, 6.45) is 5.56. The normalized spacial score (nSPS) is 28.9. The van der Waals surface area contributed by atoms with Gasteiger partial charge in [0.05, 0.1) is 0 Å². The van der Waals surface area contributed by atoms with Gasteiger partial charge in [-0.1, -0.05) is 6.92 Å². The highest BCUT2D eigenvalue weighted by atomic mass is 16.4. The van der Waals surface area contributed by atoms with Gasteiger partial charge in [0.25, 0.3) is 0 Å². The van der Waals surface area contributed by atoms with Crippen molar-refractivity contribution in [1.29, 1.82) is 0 Å². The molecule has 1 aliphatic carbocycles. The number of carboxylic acids is 1. The zero-order valence-electron chi connectivity index (χ0n) is 9.80. The first kappa shape index (κ1) is 11.8. The number of hydrogen-bond donors (Lipinski definition) is 1. The van der Waals surface area contributed by atoms with Gasteiger partial charge in [-0.2, -0.15) is 0 Å². The molecular formula is C12H16N2O3. The van der Waals surface area contributed by atoms with E-state index in [1.807, 2.05) is 0 Å². The average molecular weight is 236 g/mol. The average Bonchev–Trinajstić information content (AvgIpc) is 2.31.